The summed E-state index contributed by atoms with van der Waals surface area (Å²) in [5.74, 6) is 0.0484. The third-order valence-corrected chi connectivity index (χ3v) is 7.17. The predicted molar refractivity (Wildman–Crippen MR) is 108 cm³/mol. The lowest BCUT2D eigenvalue weighted by Gasteiger charge is -2.26. The largest absolute Gasteiger partial charge is 0.312 e. The van der Waals surface area contributed by atoms with E-state index in [0.717, 1.165) is 11.3 Å². The molecule has 4 rings (SSSR count). The molecule has 2 saturated heterocycles. The first kappa shape index (κ1) is 17.9. The Morgan fingerprint density at radius 3 is 2.22 bits per heavy atom. The second-order valence-corrected chi connectivity index (χ2v) is 9.31. The molecular weight excluding hydrogens is 386 g/mol. The van der Waals surface area contributed by atoms with Crippen LogP contribution < -0.4 is 9.80 Å². The molecule has 2 atom stereocenters. The molecule has 0 N–H and O–H groups in total. The highest BCUT2D eigenvalue weighted by Crippen LogP contribution is 2.39. The zero-order valence-electron chi connectivity index (χ0n) is 14.5. The molecule has 27 heavy (non-hydrogen) atoms. The number of non-ortho nitro benzene ring substituents is 1. The first-order valence-corrected chi connectivity index (χ1v) is 10.6. The SMILES string of the molecule is Cc1ccccc1N1C(=S)N(c2ccc([N+](=O)[O-])cc2)[C@H]2CS(=O)(=O)C[C@H]21. The molecule has 9 heteroatoms. The number of para-hydroxylation sites is 1. The van der Waals surface area contributed by atoms with Crippen molar-refractivity contribution in [3.05, 3.63) is 64.2 Å². The minimum atomic E-state index is -3.20. The molecule has 2 fully saturated rings. The zero-order valence-corrected chi connectivity index (χ0v) is 16.1. The molecular formula is C18H17N3O4S2. The van der Waals surface area contributed by atoms with Gasteiger partial charge in [0.2, 0.25) is 0 Å². The predicted octanol–water partition coefficient (Wildman–Crippen LogP) is 2.68. The number of aryl methyl sites for hydroxylation is 1. The molecule has 0 aromatic heterocycles. The molecule has 2 aromatic carbocycles. The number of anilines is 2. The maximum absolute atomic E-state index is 12.3. The van der Waals surface area contributed by atoms with E-state index in [2.05, 4.69) is 0 Å². The van der Waals surface area contributed by atoms with Gasteiger partial charge in [-0.05, 0) is 42.9 Å². The van der Waals surface area contributed by atoms with Gasteiger partial charge in [-0.3, -0.25) is 10.1 Å². The number of thiocarbonyl (C=S) groups is 1. The summed E-state index contributed by atoms with van der Waals surface area (Å²) in [6, 6.07) is 13.2. The fourth-order valence-electron chi connectivity index (χ4n) is 3.86. The fourth-order valence-corrected chi connectivity index (χ4v) is 6.25. The van der Waals surface area contributed by atoms with Gasteiger partial charge < -0.3 is 9.80 Å². The summed E-state index contributed by atoms with van der Waals surface area (Å²) in [6.07, 6.45) is 0. The molecule has 7 nitrogen and oxygen atoms in total. The van der Waals surface area contributed by atoms with Gasteiger partial charge in [0, 0.05) is 23.5 Å². The van der Waals surface area contributed by atoms with Crippen LogP contribution in [0.25, 0.3) is 0 Å². The van der Waals surface area contributed by atoms with E-state index in [9.17, 15) is 18.5 Å². The Morgan fingerprint density at radius 1 is 1.04 bits per heavy atom. The number of nitro benzene ring substituents is 1. The first-order chi connectivity index (χ1) is 12.8. The third kappa shape index (κ3) is 2.96. The smallest absolute Gasteiger partial charge is 0.269 e. The van der Waals surface area contributed by atoms with Gasteiger partial charge >= 0.3 is 0 Å². The lowest BCUT2D eigenvalue weighted by molar-refractivity contribution is -0.384. The fraction of sp³-hybridized carbons (Fsp3) is 0.278. The van der Waals surface area contributed by atoms with Crippen LogP contribution in [-0.4, -0.2) is 42.0 Å². The Balaban J connectivity index is 1.79. The van der Waals surface area contributed by atoms with Crippen molar-refractivity contribution >= 4 is 44.2 Å². The van der Waals surface area contributed by atoms with E-state index in [1.54, 1.807) is 12.1 Å². The Kier molecular flexibility index (Phi) is 4.15. The van der Waals surface area contributed by atoms with Crippen molar-refractivity contribution in [2.24, 2.45) is 0 Å². The second-order valence-electron chi connectivity index (χ2n) is 6.79. The summed E-state index contributed by atoms with van der Waals surface area (Å²) in [4.78, 5) is 14.2. The van der Waals surface area contributed by atoms with Crippen LogP contribution >= 0.6 is 12.2 Å². The van der Waals surface area contributed by atoms with E-state index >= 15 is 0 Å². The number of hydrogen-bond acceptors (Lipinski definition) is 5. The van der Waals surface area contributed by atoms with Crippen molar-refractivity contribution in [3.63, 3.8) is 0 Å². The molecule has 0 radical (unpaired) electrons. The van der Waals surface area contributed by atoms with Crippen LogP contribution in [0, 0.1) is 17.0 Å². The molecule has 2 aliphatic rings. The summed E-state index contributed by atoms with van der Waals surface area (Å²) in [7, 11) is -3.20. The number of benzene rings is 2. The number of hydrogen-bond donors (Lipinski definition) is 0. The van der Waals surface area contributed by atoms with Crippen LogP contribution in [0.5, 0.6) is 0 Å². The van der Waals surface area contributed by atoms with Crippen molar-refractivity contribution in [2.45, 2.75) is 19.0 Å². The van der Waals surface area contributed by atoms with Crippen molar-refractivity contribution in [1.82, 2.24) is 0 Å². The van der Waals surface area contributed by atoms with E-state index in [4.69, 9.17) is 12.2 Å². The molecule has 2 aromatic rings. The Morgan fingerprint density at radius 2 is 1.63 bits per heavy atom. The molecule has 0 bridgehead atoms. The van der Waals surface area contributed by atoms with Gasteiger partial charge in [0.05, 0.1) is 28.5 Å². The summed E-state index contributed by atoms with van der Waals surface area (Å²) in [5, 5.41) is 11.4. The Hall–Kier alpha value is -2.52. The molecule has 0 spiro atoms. The summed E-state index contributed by atoms with van der Waals surface area (Å²) < 4.78 is 24.7. The van der Waals surface area contributed by atoms with Crippen LogP contribution in [-0.2, 0) is 9.84 Å². The van der Waals surface area contributed by atoms with Crippen LogP contribution in [0.15, 0.2) is 48.5 Å². The minimum Gasteiger partial charge on any atom is -0.312 e. The van der Waals surface area contributed by atoms with Crippen molar-refractivity contribution in [3.8, 4) is 0 Å². The third-order valence-electron chi connectivity index (χ3n) is 5.08. The normalized spacial score (nSPS) is 23.5. The second kappa shape index (κ2) is 6.28. The Bertz CT molecular complexity index is 1040. The maximum Gasteiger partial charge on any atom is 0.269 e. The highest BCUT2D eigenvalue weighted by Gasteiger charge is 2.52. The van der Waals surface area contributed by atoms with E-state index < -0.39 is 14.8 Å². The monoisotopic (exact) mass is 403 g/mol. The standard InChI is InChI=1S/C18H17N3O4S2/c1-12-4-2-3-5-15(12)20-17-11-27(24,25)10-16(17)19(18(20)26)13-6-8-14(9-7-13)21(22)23/h2-9,16-17H,10-11H2,1H3/t16-,17+/m0/s1. The topological polar surface area (TPSA) is 83.8 Å². The van der Waals surface area contributed by atoms with E-state index in [0.29, 0.717) is 10.8 Å². The number of nitrogens with zero attached hydrogens (tertiary/aromatic N) is 3. The van der Waals surface area contributed by atoms with Crippen molar-refractivity contribution < 1.29 is 13.3 Å². The average Bonchev–Trinajstić information content (AvgIpc) is 3.04. The average molecular weight is 403 g/mol. The number of fused-ring (bicyclic) bond motifs is 1. The molecule has 0 aliphatic carbocycles. The minimum absolute atomic E-state index is 0.0111. The summed E-state index contributed by atoms with van der Waals surface area (Å²) in [6.45, 7) is 1.96. The van der Waals surface area contributed by atoms with Crippen LogP contribution in [0.4, 0.5) is 17.1 Å². The van der Waals surface area contributed by atoms with Crippen molar-refractivity contribution in [1.29, 1.82) is 0 Å². The lowest BCUT2D eigenvalue weighted by Crippen LogP contribution is -2.38. The van der Waals surface area contributed by atoms with E-state index in [1.165, 1.54) is 12.1 Å². The van der Waals surface area contributed by atoms with Crippen molar-refractivity contribution in [2.75, 3.05) is 21.3 Å². The summed E-state index contributed by atoms with van der Waals surface area (Å²) in [5.41, 5.74) is 2.54. The maximum atomic E-state index is 12.3. The van der Waals surface area contributed by atoms with Gasteiger partial charge in [-0.15, -0.1) is 0 Å². The first-order valence-electron chi connectivity index (χ1n) is 8.41. The van der Waals surface area contributed by atoms with Gasteiger partial charge in [-0.25, -0.2) is 8.42 Å². The molecule has 0 amide bonds. The molecule has 2 heterocycles. The van der Waals surface area contributed by atoms with Gasteiger partial charge in [0.15, 0.2) is 14.9 Å². The van der Waals surface area contributed by atoms with Gasteiger partial charge in [0.1, 0.15) is 0 Å². The highest BCUT2D eigenvalue weighted by atomic mass is 32.2. The zero-order chi connectivity index (χ0) is 19.3. The van der Waals surface area contributed by atoms with Gasteiger partial charge in [-0.2, -0.15) is 0 Å². The van der Waals surface area contributed by atoms with E-state index in [1.807, 2.05) is 41.0 Å². The number of nitro groups is 1. The quantitative estimate of drug-likeness (QED) is 0.443. The van der Waals surface area contributed by atoms with Crippen LogP contribution in [0.1, 0.15) is 5.56 Å². The van der Waals surface area contributed by atoms with Gasteiger partial charge in [-0.1, -0.05) is 18.2 Å². The van der Waals surface area contributed by atoms with E-state index in [-0.39, 0.29) is 29.3 Å². The lowest BCUT2D eigenvalue weighted by atomic mass is 10.1. The number of rotatable bonds is 3. The summed E-state index contributed by atoms with van der Waals surface area (Å²) >= 11 is 5.72. The molecule has 2 aliphatic heterocycles. The molecule has 0 saturated carbocycles. The Labute approximate surface area is 162 Å². The molecule has 0 unspecified atom stereocenters. The molecule has 140 valence electrons. The van der Waals surface area contributed by atoms with Crippen LogP contribution in [0.2, 0.25) is 0 Å². The van der Waals surface area contributed by atoms with Crippen LogP contribution in [0.3, 0.4) is 0 Å². The number of sulfone groups is 1. The highest BCUT2D eigenvalue weighted by molar-refractivity contribution is 7.91. The van der Waals surface area contributed by atoms with Gasteiger partial charge in [0.25, 0.3) is 5.69 Å².